The molecule has 0 radical (unpaired) electrons. The van der Waals surface area contributed by atoms with E-state index in [-0.39, 0.29) is 12.5 Å². The molecule has 1 unspecified atom stereocenters. The fraction of sp³-hybridized carbons (Fsp3) is 0.923. The molecule has 1 aliphatic heterocycles. The number of amides is 1. The van der Waals surface area contributed by atoms with Crippen molar-refractivity contribution in [3.8, 4) is 0 Å². The maximum atomic E-state index is 11.8. The third-order valence-corrected chi connectivity index (χ3v) is 3.05. The number of nitrogens with zero attached hydrogens (tertiary/aromatic N) is 1. The van der Waals surface area contributed by atoms with E-state index in [1.807, 2.05) is 4.90 Å². The van der Waals surface area contributed by atoms with Gasteiger partial charge in [0.2, 0.25) is 5.91 Å². The summed E-state index contributed by atoms with van der Waals surface area (Å²) in [5.41, 5.74) is 0.294. The van der Waals surface area contributed by atoms with E-state index < -0.39 is 0 Å². The molecule has 0 aromatic carbocycles. The lowest BCUT2D eigenvalue weighted by atomic mass is 9.84. The maximum absolute atomic E-state index is 11.8. The summed E-state index contributed by atoms with van der Waals surface area (Å²) in [6.45, 7) is 10.5. The first-order valence-electron chi connectivity index (χ1n) is 6.20. The van der Waals surface area contributed by atoms with Gasteiger partial charge < -0.3 is 10.0 Å². The Labute approximate surface area is 98.8 Å². The van der Waals surface area contributed by atoms with Crippen molar-refractivity contribution < 1.29 is 9.90 Å². The van der Waals surface area contributed by atoms with Crippen LogP contribution in [0.1, 0.15) is 40.5 Å². The summed E-state index contributed by atoms with van der Waals surface area (Å²) in [7, 11) is 0. The van der Waals surface area contributed by atoms with Crippen LogP contribution in [-0.2, 0) is 4.79 Å². The molecule has 1 atom stereocenters. The number of hydrogen-bond donors (Lipinski definition) is 1. The van der Waals surface area contributed by atoms with Gasteiger partial charge in [-0.05, 0) is 17.8 Å². The van der Waals surface area contributed by atoms with E-state index in [0.29, 0.717) is 23.7 Å². The van der Waals surface area contributed by atoms with E-state index in [1.165, 1.54) is 0 Å². The Morgan fingerprint density at radius 2 is 2.00 bits per heavy atom. The lowest BCUT2D eigenvalue weighted by Crippen LogP contribution is -2.51. The van der Waals surface area contributed by atoms with Crippen molar-refractivity contribution in [3.05, 3.63) is 0 Å². The van der Waals surface area contributed by atoms with Crippen molar-refractivity contribution in [1.29, 1.82) is 0 Å². The average molecular weight is 227 g/mol. The molecule has 1 N–H and O–H groups in total. The Balaban J connectivity index is 2.25. The number of aliphatic hydroxyl groups excluding tert-OH is 1. The molecule has 0 spiro atoms. The van der Waals surface area contributed by atoms with Crippen LogP contribution in [0.2, 0.25) is 0 Å². The van der Waals surface area contributed by atoms with Crippen LogP contribution in [0, 0.1) is 17.3 Å². The van der Waals surface area contributed by atoms with Crippen molar-refractivity contribution in [2.75, 3.05) is 19.7 Å². The molecule has 1 heterocycles. The molecule has 0 saturated carbocycles. The maximum Gasteiger partial charge on any atom is 0.222 e. The number of likely N-dealkylation sites (tertiary alicyclic amines) is 1. The van der Waals surface area contributed by atoms with Gasteiger partial charge in [0.25, 0.3) is 0 Å². The van der Waals surface area contributed by atoms with Gasteiger partial charge in [-0.25, -0.2) is 0 Å². The average Bonchev–Trinajstić information content (AvgIpc) is 1.97. The highest BCUT2D eigenvalue weighted by molar-refractivity contribution is 5.77. The first-order valence-corrected chi connectivity index (χ1v) is 6.20. The summed E-state index contributed by atoms with van der Waals surface area (Å²) in [6, 6.07) is 0. The van der Waals surface area contributed by atoms with Crippen LogP contribution in [0.25, 0.3) is 0 Å². The molecule has 1 rings (SSSR count). The normalized spacial score (nSPS) is 19.4. The van der Waals surface area contributed by atoms with Crippen LogP contribution < -0.4 is 0 Å². The SMILES string of the molecule is CC(CC(=O)N1CC(CO)C1)CC(C)(C)C. The summed E-state index contributed by atoms with van der Waals surface area (Å²) in [5.74, 6) is 1.02. The van der Waals surface area contributed by atoms with Crippen molar-refractivity contribution in [1.82, 2.24) is 4.90 Å². The van der Waals surface area contributed by atoms with Gasteiger partial charge in [0.15, 0.2) is 0 Å². The number of aliphatic hydroxyl groups is 1. The first kappa shape index (κ1) is 13.5. The predicted molar refractivity (Wildman–Crippen MR) is 65.0 cm³/mol. The van der Waals surface area contributed by atoms with E-state index in [9.17, 15) is 4.79 Å². The Hall–Kier alpha value is -0.570. The van der Waals surface area contributed by atoms with Gasteiger partial charge in [-0.15, -0.1) is 0 Å². The molecule has 0 aromatic rings. The summed E-state index contributed by atoms with van der Waals surface area (Å²) in [6.07, 6.45) is 1.73. The van der Waals surface area contributed by atoms with E-state index in [1.54, 1.807) is 0 Å². The van der Waals surface area contributed by atoms with Crippen LogP contribution in [-0.4, -0.2) is 35.6 Å². The molecule has 3 heteroatoms. The highest BCUT2D eigenvalue weighted by Crippen LogP contribution is 2.27. The molecule has 1 amide bonds. The number of carbonyl (C=O) groups excluding carboxylic acids is 1. The van der Waals surface area contributed by atoms with Gasteiger partial charge >= 0.3 is 0 Å². The van der Waals surface area contributed by atoms with Gasteiger partial charge in [-0.3, -0.25) is 4.79 Å². The number of carbonyl (C=O) groups is 1. The topological polar surface area (TPSA) is 40.5 Å². The molecule has 94 valence electrons. The highest BCUT2D eigenvalue weighted by atomic mass is 16.3. The van der Waals surface area contributed by atoms with Gasteiger partial charge in [0, 0.05) is 32.0 Å². The Bertz CT molecular complexity index is 239. The Morgan fingerprint density at radius 1 is 1.44 bits per heavy atom. The zero-order valence-corrected chi connectivity index (χ0v) is 11.0. The monoisotopic (exact) mass is 227 g/mol. The number of hydrogen-bond acceptors (Lipinski definition) is 2. The second-order valence-corrected chi connectivity index (χ2v) is 6.42. The number of rotatable bonds is 4. The third kappa shape index (κ3) is 4.12. The Morgan fingerprint density at radius 3 is 2.44 bits per heavy atom. The van der Waals surface area contributed by atoms with Crippen LogP contribution >= 0.6 is 0 Å². The van der Waals surface area contributed by atoms with Crippen molar-refractivity contribution in [2.45, 2.75) is 40.5 Å². The molecule has 1 aliphatic rings. The largest absolute Gasteiger partial charge is 0.396 e. The molecular formula is C13H25NO2. The zero-order chi connectivity index (χ0) is 12.3. The van der Waals surface area contributed by atoms with E-state index >= 15 is 0 Å². The lowest BCUT2D eigenvalue weighted by molar-refractivity contribution is -0.139. The minimum absolute atomic E-state index is 0.210. The molecule has 1 saturated heterocycles. The van der Waals surface area contributed by atoms with E-state index in [4.69, 9.17) is 5.11 Å². The highest BCUT2D eigenvalue weighted by Gasteiger charge is 2.30. The van der Waals surface area contributed by atoms with Crippen molar-refractivity contribution in [3.63, 3.8) is 0 Å². The van der Waals surface area contributed by atoms with Crippen LogP contribution in [0.15, 0.2) is 0 Å². The predicted octanol–water partition coefficient (Wildman–Crippen LogP) is 1.90. The summed E-state index contributed by atoms with van der Waals surface area (Å²) < 4.78 is 0. The second-order valence-electron chi connectivity index (χ2n) is 6.42. The third-order valence-electron chi connectivity index (χ3n) is 3.05. The fourth-order valence-electron chi connectivity index (χ4n) is 2.43. The van der Waals surface area contributed by atoms with Gasteiger partial charge in [0.1, 0.15) is 0 Å². The lowest BCUT2D eigenvalue weighted by Gasteiger charge is -2.39. The minimum Gasteiger partial charge on any atom is -0.396 e. The summed E-state index contributed by atoms with van der Waals surface area (Å²) in [5, 5.41) is 8.88. The quantitative estimate of drug-likeness (QED) is 0.797. The van der Waals surface area contributed by atoms with E-state index in [2.05, 4.69) is 27.7 Å². The zero-order valence-electron chi connectivity index (χ0n) is 11.0. The smallest absolute Gasteiger partial charge is 0.222 e. The molecule has 16 heavy (non-hydrogen) atoms. The molecule has 0 aliphatic carbocycles. The molecule has 0 aromatic heterocycles. The van der Waals surface area contributed by atoms with Crippen LogP contribution in [0.4, 0.5) is 0 Å². The standard InChI is InChI=1S/C13H25NO2/c1-10(6-13(2,3)4)5-12(16)14-7-11(8-14)9-15/h10-11,15H,5-9H2,1-4H3. The molecule has 0 bridgehead atoms. The minimum atomic E-state index is 0.210. The van der Waals surface area contributed by atoms with Gasteiger partial charge in [-0.2, -0.15) is 0 Å². The van der Waals surface area contributed by atoms with Crippen molar-refractivity contribution >= 4 is 5.91 Å². The second kappa shape index (κ2) is 5.17. The fourth-order valence-corrected chi connectivity index (χ4v) is 2.43. The first-order chi connectivity index (χ1) is 7.31. The van der Waals surface area contributed by atoms with Crippen molar-refractivity contribution in [2.24, 2.45) is 17.3 Å². The Kier molecular flexibility index (Phi) is 4.36. The van der Waals surface area contributed by atoms with E-state index in [0.717, 1.165) is 19.5 Å². The molecule has 1 fully saturated rings. The molecular weight excluding hydrogens is 202 g/mol. The summed E-state index contributed by atoms with van der Waals surface area (Å²) >= 11 is 0. The molecule has 3 nitrogen and oxygen atoms in total. The van der Waals surface area contributed by atoms with Crippen LogP contribution in [0.3, 0.4) is 0 Å². The van der Waals surface area contributed by atoms with Gasteiger partial charge in [-0.1, -0.05) is 27.7 Å². The summed E-state index contributed by atoms with van der Waals surface area (Å²) in [4.78, 5) is 13.7. The van der Waals surface area contributed by atoms with Crippen LogP contribution in [0.5, 0.6) is 0 Å². The van der Waals surface area contributed by atoms with Gasteiger partial charge in [0.05, 0.1) is 0 Å².